The molecule has 0 bridgehead atoms. The van der Waals surface area contributed by atoms with E-state index in [4.69, 9.17) is 0 Å². The third kappa shape index (κ3) is 3.36. The van der Waals surface area contributed by atoms with Gasteiger partial charge in [0.15, 0.2) is 0 Å². The Kier molecular flexibility index (Phi) is 3.97. The molecule has 3 heteroatoms. The van der Waals surface area contributed by atoms with Crippen LogP contribution in [0.1, 0.15) is 5.56 Å². The second-order valence-electron chi connectivity index (χ2n) is 3.37. The predicted molar refractivity (Wildman–Crippen MR) is 65.4 cm³/mol. The number of benzene rings is 2. The van der Waals surface area contributed by atoms with Crippen molar-refractivity contribution in [2.24, 2.45) is 0 Å². The molecule has 0 spiro atoms. The zero-order chi connectivity index (χ0) is 11.2. The van der Waals surface area contributed by atoms with E-state index in [1.165, 1.54) is 0 Å². The SMILES string of the molecule is FN(Cc1ccccc1)Sc1ccccc1. The van der Waals surface area contributed by atoms with Gasteiger partial charge < -0.3 is 0 Å². The molecule has 2 aromatic carbocycles. The maximum Gasteiger partial charge on any atom is 0.0661 e. The first-order chi connectivity index (χ1) is 7.84. The second kappa shape index (κ2) is 5.68. The summed E-state index contributed by atoms with van der Waals surface area (Å²) in [5.41, 5.74) is 0.966. The minimum Gasteiger partial charge on any atom is -0.122 e. The summed E-state index contributed by atoms with van der Waals surface area (Å²) in [6, 6.07) is 19.1. The fraction of sp³-hybridized carbons (Fsp3) is 0.0769. The molecule has 16 heavy (non-hydrogen) atoms. The van der Waals surface area contributed by atoms with Gasteiger partial charge in [0, 0.05) is 4.90 Å². The minimum atomic E-state index is 0.292. The van der Waals surface area contributed by atoms with E-state index in [9.17, 15) is 4.48 Å². The highest BCUT2D eigenvalue weighted by Gasteiger charge is 2.05. The Bertz CT molecular complexity index is 377. The van der Waals surface area contributed by atoms with Gasteiger partial charge in [-0.25, -0.2) is 0 Å². The summed E-state index contributed by atoms with van der Waals surface area (Å²) in [5, 5.41) is 0. The largest absolute Gasteiger partial charge is 0.122 e. The Morgan fingerprint density at radius 2 is 1.44 bits per heavy atom. The molecule has 0 radical (unpaired) electrons. The number of halogens is 1. The van der Waals surface area contributed by atoms with Crippen molar-refractivity contribution < 1.29 is 4.48 Å². The van der Waals surface area contributed by atoms with Crippen LogP contribution in [0.3, 0.4) is 0 Å². The van der Waals surface area contributed by atoms with E-state index in [0.29, 0.717) is 6.54 Å². The van der Waals surface area contributed by atoms with Gasteiger partial charge in [0.2, 0.25) is 0 Å². The van der Waals surface area contributed by atoms with Crippen LogP contribution in [0.5, 0.6) is 0 Å². The van der Waals surface area contributed by atoms with E-state index in [1.54, 1.807) is 0 Å². The van der Waals surface area contributed by atoms with Crippen molar-refractivity contribution in [3.05, 3.63) is 66.2 Å². The molecule has 2 aromatic rings. The van der Waals surface area contributed by atoms with Crippen LogP contribution in [0.15, 0.2) is 65.6 Å². The van der Waals surface area contributed by atoms with E-state index >= 15 is 0 Å². The van der Waals surface area contributed by atoms with Crippen LogP contribution in [0.25, 0.3) is 0 Å². The molecule has 0 heterocycles. The van der Waals surface area contributed by atoms with Gasteiger partial charge in [-0.3, -0.25) is 0 Å². The van der Waals surface area contributed by atoms with Crippen LogP contribution in [0.4, 0.5) is 4.48 Å². The molecular formula is C13H12FNS. The van der Waals surface area contributed by atoms with Crippen molar-refractivity contribution in [1.29, 1.82) is 0 Å². The second-order valence-corrected chi connectivity index (χ2v) is 4.42. The highest BCUT2D eigenvalue weighted by atomic mass is 32.2. The molecule has 0 aliphatic heterocycles. The van der Waals surface area contributed by atoms with Crippen molar-refractivity contribution in [2.45, 2.75) is 11.4 Å². The van der Waals surface area contributed by atoms with E-state index in [1.807, 2.05) is 60.7 Å². The molecular weight excluding hydrogens is 221 g/mol. The molecule has 0 aromatic heterocycles. The van der Waals surface area contributed by atoms with Crippen molar-refractivity contribution in [1.82, 2.24) is 4.53 Å². The quantitative estimate of drug-likeness (QED) is 0.578. The normalized spacial score (nSPS) is 10.6. The molecule has 0 atom stereocenters. The number of hydrogen-bond acceptors (Lipinski definition) is 2. The van der Waals surface area contributed by atoms with Gasteiger partial charge in [0.05, 0.1) is 6.54 Å². The zero-order valence-electron chi connectivity index (χ0n) is 8.71. The fourth-order valence-electron chi connectivity index (χ4n) is 1.35. The lowest BCUT2D eigenvalue weighted by atomic mass is 10.2. The third-order valence-electron chi connectivity index (χ3n) is 2.10. The van der Waals surface area contributed by atoms with Crippen LogP contribution < -0.4 is 0 Å². The first-order valence-electron chi connectivity index (χ1n) is 5.05. The standard InChI is InChI=1S/C13H12FNS/c14-15(11-12-7-3-1-4-8-12)16-13-9-5-2-6-10-13/h1-10H,11H2. The van der Waals surface area contributed by atoms with Crippen LogP contribution >= 0.6 is 11.9 Å². The van der Waals surface area contributed by atoms with Gasteiger partial charge in [-0.1, -0.05) is 53.1 Å². The minimum absolute atomic E-state index is 0.292. The van der Waals surface area contributed by atoms with Gasteiger partial charge in [0.1, 0.15) is 0 Å². The van der Waals surface area contributed by atoms with Crippen molar-refractivity contribution >= 4 is 11.9 Å². The van der Waals surface area contributed by atoms with E-state index in [2.05, 4.69) is 0 Å². The van der Waals surface area contributed by atoms with Gasteiger partial charge in [-0.15, -0.1) is 4.48 Å². The molecule has 0 unspecified atom stereocenters. The molecule has 0 saturated heterocycles. The third-order valence-corrected chi connectivity index (χ3v) is 2.91. The molecule has 1 nitrogen and oxygen atoms in total. The van der Waals surface area contributed by atoms with Gasteiger partial charge in [-0.2, -0.15) is 0 Å². The summed E-state index contributed by atoms with van der Waals surface area (Å²) in [6.45, 7) is 0.292. The Morgan fingerprint density at radius 1 is 0.875 bits per heavy atom. The smallest absolute Gasteiger partial charge is 0.0661 e. The van der Waals surface area contributed by atoms with Crippen LogP contribution in [-0.2, 0) is 6.54 Å². The zero-order valence-corrected chi connectivity index (χ0v) is 9.53. The lowest BCUT2D eigenvalue weighted by Crippen LogP contribution is -2.02. The van der Waals surface area contributed by atoms with Crippen molar-refractivity contribution in [3.8, 4) is 0 Å². The predicted octanol–water partition coefficient (Wildman–Crippen LogP) is 4.08. The maximum absolute atomic E-state index is 13.6. The van der Waals surface area contributed by atoms with Crippen LogP contribution in [-0.4, -0.2) is 4.53 Å². The Balaban J connectivity index is 1.92. The summed E-state index contributed by atoms with van der Waals surface area (Å²) < 4.78 is 14.3. The van der Waals surface area contributed by atoms with Gasteiger partial charge >= 0.3 is 0 Å². The summed E-state index contributed by atoms with van der Waals surface area (Å²) in [5.74, 6) is 0. The monoisotopic (exact) mass is 233 g/mol. The highest BCUT2D eigenvalue weighted by Crippen LogP contribution is 2.24. The first-order valence-corrected chi connectivity index (χ1v) is 5.82. The molecule has 82 valence electrons. The Morgan fingerprint density at radius 3 is 2.06 bits per heavy atom. The summed E-state index contributed by atoms with van der Waals surface area (Å²) >= 11 is 1.11. The molecule has 2 rings (SSSR count). The average molecular weight is 233 g/mol. The Hall–Kier alpha value is -1.32. The molecule has 0 aliphatic carbocycles. The van der Waals surface area contributed by atoms with Gasteiger partial charge in [-0.05, 0) is 29.6 Å². The van der Waals surface area contributed by atoms with Crippen molar-refractivity contribution in [3.63, 3.8) is 0 Å². The average Bonchev–Trinajstić information content (AvgIpc) is 2.31. The summed E-state index contributed by atoms with van der Waals surface area (Å²) in [4.78, 5) is 0.904. The molecule has 0 N–H and O–H groups in total. The van der Waals surface area contributed by atoms with E-state index < -0.39 is 0 Å². The van der Waals surface area contributed by atoms with Crippen LogP contribution in [0, 0.1) is 0 Å². The highest BCUT2D eigenvalue weighted by molar-refractivity contribution is 7.96. The topological polar surface area (TPSA) is 3.24 Å². The number of rotatable bonds is 4. The number of nitrogens with zero attached hydrogens (tertiary/aromatic N) is 1. The molecule has 0 aliphatic rings. The maximum atomic E-state index is 13.6. The summed E-state index contributed by atoms with van der Waals surface area (Å²) in [7, 11) is 0. The molecule has 0 saturated carbocycles. The fourth-order valence-corrected chi connectivity index (χ4v) is 2.08. The first kappa shape index (κ1) is 11.2. The lowest BCUT2D eigenvalue weighted by Gasteiger charge is -2.10. The van der Waals surface area contributed by atoms with Gasteiger partial charge in [0.25, 0.3) is 0 Å². The Labute approximate surface area is 99.0 Å². The van der Waals surface area contributed by atoms with Crippen molar-refractivity contribution in [2.75, 3.05) is 0 Å². The van der Waals surface area contributed by atoms with E-state index in [0.717, 1.165) is 26.9 Å². The summed E-state index contributed by atoms with van der Waals surface area (Å²) in [6.07, 6.45) is 0. The number of hydrogen-bond donors (Lipinski definition) is 0. The molecule has 0 amide bonds. The van der Waals surface area contributed by atoms with E-state index in [-0.39, 0.29) is 0 Å². The van der Waals surface area contributed by atoms with Crippen LogP contribution in [0.2, 0.25) is 0 Å². The molecule has 0 fully saturated rings. The lowest BCUT2D eigenvalue weighted by molar-refractivity contribution is 0.151.